The van der Waals surface area contributed by atoms with Gasteiger partial charge < -0.3 is 5.32 Å². The fraction of sp³-hybridized carbons (Fsp3) is 0.333. The van der Waals surface area contributed by atoms with Gasteiger partial charge in [0.15, 0.2) is 11.6 Å². The van der Waals surface area contributed by atoms with Crippen molar-refractivity contribution < 1.29 is 8.78 Å². The van der Waals surface area contributed by atoms with Crippen molar-refractivity contribution in [3.8, 4) is 0 Å². The van der Waals surface area contributed by atoms with Crippen LogP contribution in [0.15, 0.2) is 48.5 Å². The lowest BCUT2D eigenvalue weighted by molar-refractivity contribution is 0.502. The Balaban J connectivity index is 2.17. The van der Waals surface area contributed by atoms with Crippen LogP contribution < -0.4 is 5.32 Å². The van der Waals surface area contributed by atoms with Crippen molar-refractivity contribution in [1.82, 2.24) is 5.32 Å². The Labute approximate surface area is 125 Å². The first kappa shape index (κ1) is 15.6. The number of hydrogen-bond acceptors (Lipinski definition) is 1. The summed E-state index contributed by atoms with van der Waals surface area (Å²) in [7, 11) is 0. The van der Waals surface area contributed by atoms with Crippen LogP contribution in [0.25, 0.3) is 0 Å². The zero-order valence-corrected chi connectivity index (χ0v) is 12.4. The van der Waals surface area contributed by atoms with E-state index in [1.165, 1.54) is 17.7 Å². The van der Waals surface area contributed by atoms with Crippen LogP contribution in [0.5, 0.6) is 0 Å². The summed E-state index contributed by atoms with van der Waals surface area (Å²) in [4.78, 5) is 0. The first-order valence-corrected chi connectivity index (χ1v) is 7.28. The zero-order valence-electron chi connectivity index (χ0n) is 12.4. The molecule has 0 fully saturated rings. The van der Waals surface area contributed by atoms with E-state index in [0.717, 1.165) is 12.1 Å². The highest BCUT2D eigenvalue weighted by atomic mass is 19.2. The van der Waals surface area contributed by atoms with Crippen molar-refractivity contribution >= 4 is 0 Å². The third-order valence-electron chi connectivity index (χ3n) is 3.51. The third-order valence-corrected chi connectivity index (χ3v) is 3.51. The fourth-order valence-corrected chi connectivity index (χ4v) is 2.36. The van der Waals surface area contributed by atoms with Gasteiger partial charge in [-0.2, -0.15) is 0 Å². The lowest BCUT2D eigenvalue weighted by atomic mass is 9.91. The average Bonchev–Trinajstić information content (AvgIpc) is 2.48. The normalized spacial score (nSPS) is 12.6. The van der Waals surface area contributed by atoms with E-state index < -0.39 is 11.6 Å². The molecule has 1 atom stereocenters. The number of benzene rings is 2. The van der Waals surface area contributed by atoms with Crippen LogP contribution in [-0.4, -0.2) is 12.6 Å². The summed E-state index contributed by atoms with van der Waals surface area (Å²) in [6, 6.07) is 14.7. The summed E-state index contributed by atoms with van der Waals surface area (Å²) in [6.45, 7) is 5.00. The molecule has 2 aromatic carbocycles. The Hall–Kier alpha value is -1.74. The Kier molecular flexibility index (Phi) is 5.45. The van der Waals surface area contributed by atoms with Gasteiger partial charge in [-0.05, 0) is 29.7 Å². The molecule has 0 aliphatic carbocycles. The van der Waals surface area contributed by atoms with E-state index >= 15 is 0 Å². The molecule has 0 amide bonds. The molecule has 2 aromatic rings. The SMILES string of the molecule is CC(C)NCC(Cc1ccc(F)c(F)c1)c1ccccc1. The van der Waals surface area contributed by atoms with Crippen molar-refractivity contribution in [3.63, 3.8) is 0 Å². The van der Waals surface area contributed by atoms with Crippen molar-refractivity contribution in [3.05, 3.63) is 71.3 Å². The van der Waals surface area contributed by atoms with Crippen LogP contribution in [0.2, 0.25) is 0 Å². The molecule has 0 aliphatic heterocycles. The first-order chi connectivity index (χ1) is 10.1. The quantitative estimate of drug-likeness (QED) is 0.836. The predicted octanol–water partition coefficient (Wildman–Crippen LogP) is 4.29. The maximum atomic E-state index is 13.4. The Morgan fingerprint density at radius 1 is 0.952 bits per heavy atom. The lowest BCUT2D eigenvalue weighted by Crippen LogP contribution is -2.29. The maximum Gasteiger partial charge on any atom is 0.159 e. The van der Waals surface area contributed by atoms with E-state index in [4.69, 9.17) is 0 Å². The van der Waals surface area contributed by atoms with Crippen LogP contribution in [0.4, 0.5) is 8.78 Å². The summed E-state index contributed by atoms with van der Waals surface area (Å²) in [5, 5.41) is 3.42. The van der Waals surface area contributed by atoms with Gasteiger partial charge in [-0.25, -0.2) is 8.78 Å². The minimum Gasteiger partial charge on any atom is -0.314 e. The van der Waals surface area contributed by atoms with Crippen molar-refractivity contribution in [2.75, 3.05) is 6.54 Å². The van der Waals surface area contributed by atoms with Gasteiger partial charge in [-0.3, -0.25) is 0 Å². The number of halogens is 2. The largest absolute Gasteiger partial charge is 0.314 e. The Morgan fingerprint density at radius 3 is 2.29 bits per heavy atom. The zero-order chi connectivity index (χ0) is 15.2. The second-order valence-corrected chi connectivity index (χ2v) is 5.62. The van der Waals surface area contributed by atoms with Crippen LogP contribution in [0.1, 0.15) is 30.9 Å². The second-order valence-electron chi connectivity index (χ2n) is 5.62. The summed E-state index contributed by atoms with van der Waals surface area (Å²) >= 11 is 0. The van der Waals surface area contributed by atoms with Gasteiger partial charge in [-0.1, -0.05) is 50.2 Å². The van der Waals surface area contributed by atoms with Gasteiger partial charge in [0.05, 0.1) is 0 Å². The van der Waals surface area contributed by atoms with Crippen LogP contribution in [0.3, 0.4) is 0 Å². The molecule has 0 bridgehead atoms. The Bertz CT molecular complexity index is 567. The molecule has 0 aliphatic rings. The average molecular weight is 289 g/mol. The number of nitrogens with one attached hydrogen (secondary N) is 1. The highest BCUT2D eigenvalue weighted by molar-refractivity contribution is 5.25. The number of hydrogen-bond donors (Lipinski definition) is 1. The third kappa shape index (κ3) is 4.64. The van der Waals surface area contributed by atoms with Gasteiger partial charge in [0.1, 0.15) is 0 Å². The van der Waals surface area contributed by atoms with Gasteiger partial charge in [-0.15, -0.1) is 0 Å². The molecule has 0 saturated heterocycles. The molecule has 21 heavy (non-hydrogen) atoms. The molecule has 0 aromatic heterocycles. The summed E-state index contributed by atoms with van der Waals surface area (Å²) in [5.74, 6) is -1.34. The van der Waals surface area contributed by atoms with E-state index in [1.54, 1.807) is 6.07 Å². The topological polar surface area (TPSA) is 12.0 Å². The first-order valence-electron chi connectivity index (χ1n) is 7.28. The highest BCUT2D eigenvalue weighted by Crippen LogP contribution is 2.21. The molecular weight excluding hydrogens is 268 g/mol. The molecule has 1 unspecified atom stereocenters. The van der Waals surface area contributed by atoms with E-state index in [0.29, 0.717) is 12.5 Å². The summed E-state index contributed by atoms with van der Waals surface area (Å²) < 4.78 is 26.4. The lowest BCUT2D eigenvalue weighted by Gasteiger charge is -2.20. The molecule has 0 saturated carbocycles. The fourth-order valence-electron chi connectivity index (χ4n) is 2.36. The van der Waals surface area contributed by atoms with E-state index in [1.807, 2.05) is 18.2 Å². The van der Waals surface area contributed by atoms with E-state index in [2.05, 4.69) is 31.3 Å². The van der Waals surface area contributed by atoms with Crippen molar-refractivity contribution in [1.29, 1.82) is 0 Å². The molecule has 2 rings (SSSR count). The molecule has 3 heteroatoms. The second kappa shape index (κ2) is 7.32. The van der Waals surface area contributed by atoms with Gasteiger partial charge in [0.2, 0.25) is 0 Å². The summed E-state index contributed by atoms with van der Waals surface area (Å²) in [5.41, 5.74) is 2.02. The van der Waals surface area contributed by atoms with Crippen LogP contribution in [-0.2, 0) is 6.42 Å². The van der Waals surface area contributed by atoms with E-state index in [-0.39, 0.29) is 5.92 Å². The standard InChI is InChI=1S/C18H21F2N/c1-13(2)21-12-16(15-6-4-3-5-7-15)10-14-8-9-17(19)18(20)11-14/h3-9,11,13,16,21H,10,12H2,1-2H3. The molecule has 1 nitrogen and oxygen atoms in total. The minimum absolute atomic E-state index is 0.235. The smallest absolute Gasteiger partial charge is 0.159 e. The molecule has 0 heterocycles. The predicted molar refractivity (Wildman–Crippen MR) is 82.4 cm³/mol. The Morgan fingerprint density at radius 2 is 1.67 bits per heavy atom. The molecular formula is C18H21F2N. The van der Waals surface area contributed by atoms with Crippen LogP contribution >= 0.6 is 0 Å². The molecule has 1 N–H and O–H groups in total. The maximum absolute atomic E-state index is 13.4. The summed E-state index contributed by atoms with van der Waals surface area (Å²) in [6.07, 6.45) is 0.681. The van der Waals surface area contributed by atoms with Gasteiger partial charge >= 0.3 is 0 Å². The van der Waals surface area contributed by atoms with Crippen molar-refractivity contribution in [2.24, 2.45) is 0 Å². The molecule has 0 radical (unpaired) electrons. The molecule has 112 valence electrons. The van der Waals surface area contributed by atoms with Crippen LogP contribution in [0, 0.1) is 11.6 Å². The monoisotopic (exact) mass is 289 g/mol. The minimum atomic E-state index is -0.796. The van der Waals surface area contributed by atoms with Gasteiger partial charge in [0, 0.05) is 18.5 Å². The molecule has 0 spiro atoms. The van der Waals surface area contributed by atoms with Gasteiger partial charge in [0.25, 0.3) is 0 Å². The number of rotatable bonds is 6. The van der Waals surface area contributed by atoms with Crippen molar-refractivity contribution in [2.45, 2.75) is 32.2 Å². The highest BCUT2D eigenvalue weighted by Gasteiger charge is 2.14. The van der Waals surface area contributed by atoms with E-state index in [9.17, 15) is 8.78 Å².